The molecule has 0 aromatic rings. The molecule has 3 nitrogen and oxygen atoms in total. The lowest BCUT2D eigenvalue weighted by atomic mass is 10.0. The first-order chi connectivity index (χ1) is 9.51. The molecule has 2 aliphatic rings. The Labute approximate surface area is 125 Å². The maximum Gasteiger partial charge on any atom is 0.219 e. The van der Waals surface area contributed by atoms with Crippen molar-refractivity contribution in [2.45, 2.75) is 78.8 Å². The number of hydrogen-bond donors (Lipinski definition) is 0. The number of carbonyl (C=O) groups is 1. The van der Waals surface area contributed by atoms with Gasteiger partial charge in [-0.05, 0) is 51.1 Å². The third kappa shape index (κ3) is 4.76. The highest BCUT2D eigenvalue weighted by Gasteiger charge is 2.28. The summed E-state index contributed by atoms with van der Waals surface area (Å²) in [5.74, 6) is 0.850. The Morgan fingerprint density at radius 1 is 1.15 bits per heavy atom. The molecule has 2 fully saturated rings. The molecule has 0 saturated carbocycles. The Morgan fingerprint density at radius 2 is 1.80 bits per heavy atom. The highest BCUT2D eigenvalue weighted by Crippen LogP contribution is 2.23. The van der Waals surface area contributed by atoms with Gasteiger partial charge in [0.05, 0.1) is 0 Å². The van der Waals surface area contributed by atoms with Crippen molar-refractivity contribution in [3.8, 4) is 0 Å². The second kappa shape index (κ2) is 8.66. The fraction of sp³-hybridized carbons (Fsp3) is 0.941. The number of nitrogens with zero attached hydrogens (tertiary/aromatic N) is 2. The quantitative estimate of drug-likeness (QED) is 0.790. The first kappa shape index (κ1) is 17.5. The van der Waals surface area contributed by atoms with E-state index in [2.05, 4.69) is 32.6 Å². The summed E-state index contributed by atoms with van der Waals surface area (Å²) in [6.07, 6.45) is 6.57. The molecule has 2 rings (SSSR count). The van der Waals surface area contributed by atoms with Crippen molar-refractivity contribution in [1.82, 2.24) is 9.80 Å². The van der Waals surface area contributed by atoms with E-state index in [9.17, 15) is 4.79 Å². The normalized spacial score (nSPS) is 26.8. The van der Waals surface area contributed by atoms with Gasteiger partial charge in [0.25, 0.3) is 0 Å². The van der Waals surface area contributed by atoms with E-state index in [0.29, 0.717) is 12.0 Å². The molecule has 2 atom stereocenters. The summed E-state index contributed by atoms with van der Waals surface area (Å²) in [5, 5.41) is 0. The molecule has 0 aromatic heterocycles. The summed E-state index contributed by atoms with van der Waals surface area (Å²) in [6.45, 7) is 14.1. The maximum absolute atomic E-state index is 11.1. The lowest BCUT2D eigenvalue weighted by molar-refractivity contribution is -0.130. The van der Waals surface area contributed by atoms with Crippen molar-refractivity contribution in [2.24, 2.45) is 5.92 Å². The van der Waals surface area contributed by atoms with Crippen molar-refractivity contribution < 1.29 is 4.79 Å². The molecular weight excluding hydrogens is 248 g/mol. The van der Waals surface area contributed by atoms with Gasteiger partial charge in [0, 0.05) is 25.6 Å². The minimum Gasteiger partial charge on any atom is -0.340 e. The molecule has 20 heavy (non-hydrogen) atoms. The van der Waals surface area contributed by atoms with E-state index in [1.54, 1.807) is 6.92 Å². The maximum atomic E-state index is 11.1. The Bertz CT molecular complexity index is 281. The molecule has 0 aliphatic carbocycles. The van der Waals surface area contributed by atoms with Crippen molar-refractivity contribution in [3.05, 3.63) is 0 Å². The average Bonchev–Trinajstić information content (AvgIpc) is 3.07. The average molecular weight is 282 g/mol. The molecule has 0 N–H and O–H groups in total. The van der Waals surface area contributed by atoms with Gasteiger partial charge < -0.3 is 9.80 Å². The Balaban J connectivity index is 0.000000204. The third-order valence-electron chi connectivity index (χ3n) is 4.85. The van der Waals surface area contributed by atoms with Crippen LogP contribution in [0.4, 0.5) is 0 Å². The monoisotopic (exact) mass is 282 g/mol. The van der Waals surface area contributed by atoms with Gasteiger partial charge in [-0.3, -0.25) is 4.79 Å². The molecule has 3 heteroatoms. The SMILES string of the molecule is CC(=O)N1CCC[C@H]1C(C)C.CC[C@@H]1CCCN1CC. The van der Waals surface area contributed by atoms with Crippen molar-refractivity contribution in [1.29, 1.82) is 0 Å². The van der Waals surface area contributed by atoms with Crippen LogP contribution in [0.5, 0.6) is 0 Å². The summed E-state index contributed by atoms with van der Waals surface area (Å²) < 4.78 is 0. The predicted octanol–water partition coefficient (Wildman–Crippen LogP) is 3.53. The third-order valence-corrected chi connectivity index (χ3v) is 4.85. The smallest absolute Gasteiger partial charge is 0.219 e. The fourth-order valence-corrected chi connectivity index (χ4v) is 3.65. The number of rotatable bonds is 3. The molecule has 0 bridgehead atoms. The molecular formula is C17H34N2O. The van der Waals surface area contributed by atoms with Gasteiger partial charge in [-0.1, -0.05) is 27.7 Å². The van der Waals surface area contributed by atoms with Crippen molar-refractivity contribution in [2.75, 3.05) is 19.6 Å². The molecule has 2 aliphatic heterocycles. The highest BCUT2D eigenvalue weighted by molar-refractivity contribution is 5.73. The van der Waals surface area contributed by atoms with Gasteiger partial charge in [-0.15, -0.1) is 0 Å². The van der Waals surface area contributed by atoms with Gasteiger partial charge in [-0.25, -0.2) is 0 Å². The van der Waals surface area contributed by atoms with Crippen LogP contribution in [0.15, 0.2) is 0 Å². The molecule has 0 radical (unpaired) electrons. The van der Waals surface area contributed by atoms with Crippen LogP contribution in [0, 0.1) is 5.92 Å². The minimum atomic E-state index is 0.237. The molecule has 1 amide bonds. The summed E-state index contributed by atoms with van der Waals surface area (Å²) in [4.78, 5) is 15.7. The van der Waals surface area contributed by atoms with E-state index >= 15 is 0 Å². The molecule has 0 aromatic carbocycles. The lowest BCUT2D eigenvalue weighted by Crippen LogP contribution is -2.36. The van der Waals surface area contributed by atoms with Crippen LogP contribution in [-0.4, -0.2) is 47.4 Å². The molecule has 0 spiro atoms. The van der Waals surface area contributed by atoms with Crippen LogP contribution in [0.1, 0.15) is 66.7 Å². The number of amides is 1. The van der Waals surface area contributed by atoms with Gasteiger partial charge in [-0.2, -0.15) is 0 Å². The van der Waals surface area contributed by atoms with E-state index in [-0.39, 0.29) is 5.91 Å². The van der Waals surface area contributed by atoms with Crippen molar-refractivity contribution in [3.63, 3.8) is 0 Å². The van der Waals surface area contributed by atoms with E-state index in [0.717, 1.165) is 12.6 Å². The van der Waals surface area contributed by atoms with E-state index < -0.39 is 0 Å². The van der Waals surface area contributed by atoms with Crippen LogP contribution in [0.25, 0.3) is 0 Å². The van der Waals surface area contributed by atoms with E-state index in [4.69, 9.17) is 0 Å². The summed E-state index contributed by atoms with van der Waals surface area (Å²) in [6, 6.07) is 1.42. The zero-order valence-electron chi connectivity index (χ0n) is 14.2. The fourth-order valence-electron chi connectivity index (χ4n) is 3.65. The summed E-state index contributed by atoms with van der Waals surface area (Å²) in [7, 11) is 0. The number of hydrogen-bond acceptors (Lipinski definition) is 2. The predicted molar refractivity (Wildman–Crippen MR) is 85.8 cm³/mol. The second-order valence-corrected chi connectivity index (χ2v) is 6.50. The first-order valence-corrected chi connectivity index (χ1v) is 8.52. The molecule has 118 valence electrons. The van der Waals surface area contributed by atoms with Crippen LogP contribution in [0.3, 0.4) is 0 Å². The zero-order valence-corrected chi connectivity index (χ0v) is 14.2. The van der Waals surface area contributed by atoms with Crippen molar-refractivity contribution >= 4 is 5.91 Å². The van der Waals surface area contributed by atoms with Crippen LogP contribution < -0.4 is 0 Å². The largest absolute Gasteiger partial charge is 0.340 e. The molecule has 2 saturated heterocycles. The van der Waals surface area contributed by atoms with Gasteiger partial charge in [0.15, 0.2) is 0 Å². The van der Waals surface area contributed by atoms with Crippen LogP contribution in [-0.2, 0) is 4.79 Å². The number of carbonyl (C=O) groups excluding carboxylic acids is 1. The molecule has 0 unspecified atom stereocenters. The lowest BCUT2D eigenvalue weighted by Gasteiger charge is -2.26. The summed E-state index contributed by atoms with van der Waals surface area (Å²) >= 11 is 0. The van der Waals surface area contributed by atoms with Crippen LogP contribution in [0.2, 0.25) is 0 Å². The van der Waals surface area contributed by atoms with Gasteiger partial charge in [0.2, 0.25) is 5.91 Å². The number of likely N-dealkylation sites (tertiary alicyclic amines) is 2. The van der Waals surface area contributed by atoms with E-state index in [1.165, 1.54) is 45.2 Å². The standard InChI is InChI=1S/C9H17NO.C8H17N/c1-7(2)9-5-4-6-10(9)8(3)11;1-3-8-6-5-7-9(8)4-2/h7,9H,4-6H2,1-3H3;8H,3-7H2,1-2H3/t9-;8-/m01/s1. The summed E-state index contributed by atoms with van der Waals surface area (Å²) in [5.41, 5.74) is 0. The molecule has 2 heterocycles. The van der Waals surface area contributed by atoms with Gasteiger partial charge in [0.1, 0.15) is 0 Å². The second-order valence-electron chi connectivity index (χ2n) is 6.50. The van der Waals surface area contributed by atoms with E-state index in [1.807, 2.05) is 4.90 Å². The zero-order chi connectivity index (χ0) is 15.1. The highest BCUT2D eigenvalue weighted by atomic mass is 16.2. The first-order valence-electron chi connectivity index (χ1n) is 8.52. The minimum absolute atomic E-state index is 0.237. The Hall–Kier alpha value is -0.570. The Morgan fingerprint density at radius 3 is 2.20 bits per heavy atom. The Kier molecular flexibility index (Phi) is 7.57. The topological polar surface area (TPSA) is 23.6 Å². The van der Waals surface area contributed by atoms with Crippen LogP contribution >= 0.6 is 0 Å². The van der Waals surface area contributed by atoms with Gasteiger partial charge >= 0.3 is 0 Å².